The highest BCUT2D eigenvalue weighted by atomic mass is 16.5. The van der Waals surface area contributed by atoms with Crippen molar-refractivity contribution >= 4 is 11.8 Å². The average Bonchev–Trinajstić information content (AvgIpc) is 2.78. The molecule has 4 rings (SSSR count). The SMILES string of the molecule is Cc1ccccc1[C@@]1(N)CCC[C@H](OC(=O)c2ccc(CN3CCOCC3)cc2)C1=O. The molecule has 0 unspecified atom stereocenters. The Bertz CT molecular complexity index is 937. The average molecular weight is 423 g/mol. The van der Waals surface area contributed by atoms with Crippen molar-refractivity contribution in [2.45, 2.75) is 44.4 Å². The number of benzene rings is 2. The first-order chi connectivity index (χ1) is 15.0. The lowest BCUT2D eigenvalue weighted by atomic mass is 9.73. The third-order valence-corrected chi connectivity index (χ3v) is 6.34. The quantitative estimate of drug-likeness (QED) is 0.746. The second kappa shape index (κ2) is 9.30. The number of carbonyl (C=O) groups is 2. The van der Waals surface area contributed by atoms with Crippen LogP contribution in [0.3, 0.4) is 0 Å². The number of rotatable bonds is 5. The number of hydrogen-bond acceptors (Lipinski definition) is 6. The Morgan fingerprint density at radius 1 is 1.16 bits per heavy atom. The minimum Gasteiger partial charge on any atom is -0.451 e. The van der Waals surface area contributed by atoms with Crippen molar-refractivity contribution in [3.8, 4) is 0 Å². The summed E-state index contributed by atoms with van der Waals surface area (Å²) in [7, 11) is 0. The van der Waals surface area contributed by atoms with Crippen LogP contribution in [-0.2, 0) is 26.4 Å². The van der Waals surface area contributed by atoms with Gasteiger partial charge in [-0.05, 0) is 55.0 Å². The molecule has 2 aliphatic rings. The predicted octanol–water partition coefficient (Wildman–Crippen LogP) is 2.96. The number of ether oxygens (including phenoxy) is 2. The van der Waals surface area contributed by atoms with Crippen LogP contribution in [0.25, 0.3) is 0 Å². The molecule has 2 atom stereocenters. The molecule has 1 heterocycles. The largest absolute Gasteiger partial charge is 0.451 e. The van der Waals surface area contributed by atoms with Crippen molar-refractivity contribution in [1.29, 1.82) is 0 Å². The minimum absolute atomic E-state index is 0.217. The molecule has 31 heavy (non-hydrogen) atoms. The molecule has 2 aromatic rings. The predicted molar refractivity (Wildman–Crippen MR) is 118 cm³/mol. The zero-order valence-corrected chi connectivity index (χ0v) is 18.0. The molecule has 1 saturated carbocycles. The van der Waals surface area contributed by atoms with Crippen LogP contribution in [0.15, 0.2) is 48.5 Å². The lowest BCUT2D eigenvalue weighted by Gasteiger charge is -2.37. The number of nitrogens with two attached hydrogens (primary N) is 1. The van der Waals surface area contributed by atoms with Crippen LogP contribution in [0.4, 0.5) is 0 Å². The van der Waals surface area contributed by atoms with Gasteiger partial charge in [-0.3, -0.25) is 9.69 Å². The normalized spacial score (nSPS) is 24.7. The molecule has 0 amide bonds. The highest BCUT2D eigenvalue weighted by Gasteiger charge is 2.45. The van der Waals surface area contributed by atoms with Crippen LogP contribution >= 0.6 is 0 Å². The van der Waals surface area contributed by atoms with Gasteiger partial charge in [-0.25, -0.2) is 4.79 Å². The molecule has 2 aromatic carbocycles. The van der Waals surface area contributed by atoms with Gasteiger partial charge in [0, 0.05) is 19.6 Å². The lowest BCUT2D eigenvalue weighted by molar-refractivity contribution is -0.136. The summed E-state index contributed by atoms with van der Waals surface area (Å²) < 4.78 is 11.0. The van der Waals surface area contributed by atoms with Crippen LogP contribution in [-0.4, -0.2) is 49.1 Å². The molecule has 1 aliphatic heterocycles. The van der Waals surface area contributed by atoms with Crippen LogP contribution in [0.2, 0.25) is 0 Å². The summed E-state index contributed by atoms with van der Waals surface area (Å²) in [6.07, 6.45) is 0.970. The second-order valence-electron chi connectivity index (χ2n) is 8.52. The number of morpholine rings is 1. The highest BCUT2D eigenvalue weighted by Crippen LogP contribution is 2.35. The molecule has 1 aliphatic carbocycles. The van der Waals surface area contributed by atoms with Crippen LogP contribution in [0.1, 0.15) is 46.3 Å². The maximum absolute atomic E-state index is 13.2. The number of nitrogens with zero attached hydrogens (tertiary/aromatic N) is 1. The monoisotopic (exact) mass is 422 g/mol. The molecule has 0 aromatic heterocycles. The summed E-state index contributed by atoms with van der Waals surface area (Å²) in [6, 6.07) is 15.1. The Labute approximate surface area is 183 Å². The maximum atomic E-state index is 13.2. The Balaban J connectivity index is 1.42. The highest BCUT2D eigenvalue weighted by molar-refractivity contribution is 5.97. The van der Waals surface area contributed by atoms with E-state index in [9.17, 15) is 9.59 Å². The topological polar surface area (TPSA) is 81.9 Å². The molecule has 2 fully saturated rings. The summed E-state index contributed by atoms with van der Waals surface area (Å²) in [6.45, 7) is 6.11. The molecule has 164 valence electrons. The zero-order valence-electron chi connectivity index (χ0n) is 18.0. The smallest absolute Gasteiger partial charge is 0.338 e. The number of esters is 1. The maximum Gasteiger partial charge on any atom is 0.338 e. The van der Waals surface area contributed by atoms with Gasteiger partial charge in [0.25, 0.3) is 0 Å². The Hall–Kier alpha value is -2.54. The summed E-state index contributed by atoms with van der Waals surface area (Å²) in [5.74, 6) is -0.698. The Kier molecular flexibility index (Phi) is 6.51. The Morgan fingerprint density at radius 3 is 2.58 bits per heavy atom. The van der Waals surface area contributed by atoms with E-state index in [1.807, 2.05) is 43.3 Å². The van der Waals surface area contributed by atoms with Crippen LogP contribution in [0.5, 0.6) is 0 Å². The van der Waals surface area contributed by atoms with Crippen molar-refractivity contribution in [2.75, 3.05) is 26.3 Å². The molecule has 6 nitrogen and oxygen atoms in total. The van der Waals surface area contributed by atoms with Crippen LogP contribution in [0, 0.1) is 6.92 Å². The van der Waals surface area contributed by atoms with Crippen molar-refractivity contribution in [2.24, 2.45) is 5.73 Å². The third-order valence-electron chi connectivity index (χ3n) is 6.34. The Morgan fingerprint density at radius 2 is 1.87 bits per heavy atom. The summed E-state index contributed by atoms with van der Waals surface area (Å²) in [5, 5.41) is 0. The molecule has 0 spiro atoms. The lowest BCUT2D eigenvalue weighted by Crippen LogP contribution is -2.54. The van der Waals surface area contributed by atoms with Gasteiger partial charge in [-0.15, -0.1) is 0 Å². The number of carbonyl (C=O) groups excluding carboxylic acids is 2. The standard InChI is InChI=1S/C25H30N2O4/c1-18-5-2-3-6-21(18)25(26)12-4-7-22(23(25)28)31-24(29)20-10-8-19(9-11-20)17-27-13-15-30-16-14-27/h2-3,5-6,8-11,22H,4,7,12-17,26H2,1H3/t22-,25-/m0/s1. The van der Waals surface area contributed by atoms with E-state index in [2.05, 4.69) is 4.90 Å². The minimum atomic E-state index is -1.11. The van der Waals surface area contributed by atoms with Gasteiger partial charge in [0.05, 0.1) is 18.8 Å². The van der Waals surface area contributed by atoms with E-state index in [4.69, 9.17) is 15.2 Å². The number of aryl methyl sites for hydroxylation is 1. The van der Waals surface area contributed by atoms with Crippen LogP contribution < -0.4 is 5.73 Å². The van der Waals surface area contributed by atoms with E-state index >= 15 is 0 Å². The van der Waals surface area contributed by atoms with Gasteiger partial charge < -0.3 is 15.2 Å². The third kappa shape index (κ3) is 4.71. The van der Waals surface area contributed by atoms with Crippen molar-refractivity contribution < 1.29 is 19.1 Å². The van der Waals surface area contributed by atoms with Gasteiger partial charge in [-0.1, -0.05) is 36.4 Å². The van der Waals surface area contributed by atoms with Gasteiger partial charge in [0.1, 0.15) is 5.54 Å². The van der Waals surface area contributed by atoms with Gasteiger partial charge in [-0.2, -0.15) is 0 Å². The molecular weight excluding hydrogens is 392 g/mol. The van der Waals surface area contributed by atoms with Crippen molar-refractivity contribution in [3.05, 3.63) is 70.8 Å². The first kappa shape index (κ1) is 21.7. The first-order valence-electron chi connectivity index (χ1n) is 11.0. The number of ketones is 1. The molecular formula is C25H30N2O4. The summed E-state index contributed by atoms with van der Waals surface area (Å²) in [4.78, 5) is 28.3. The van der Waals surface area contributed by atoms with E-state index < -0.39 is 17.6 Å². The van der Waals surface area contributed by atoms with Crippen molar-refractivity contribution in [1.82, 2.24) is 4.90 Å². The molecule has 0 bridgehead atoms. The van der Waals surface area contributed by atoms with Gasteiger partial charge >= 0.3 is 5.97 Å². The molecule has 1 saturated heterocycles. The van der Waals surface area contributed by atoms with E-state index in [0.29, 0.717) is 18.4 Å². The van der Waals surface area contributed by atoms with Crippen molar-refractivity contribution in [3.63, 3.8) is 0 Å². The summed E-state index contributed by atoms with van der Waals surface area (Å²) in [5.41, 5.74) is 8.83. The van der Waals surface area contributed by atoms with Gasteiger partial charge in [0.15, 0.2) is 11.9 Å². The molecule has 6 heteroatoms. The number of Topliss-reactive ketones (excluding diaryl/α,β-unsaturated/α-hetero) is 1. The second-order valence-corrected chi connectivity index (χ2v) is 8.52. The fourth-order valence-electron chi connectivity index (χ4n) is 4.52. The first-order valence-corrected chi connectivity index (χ1v) is 11.0. The van der Waals surface area contributed by atoms with E-state index in [1.165, 1.54) is 0 Å². The fourth-order valence-corrected chi connectivity index (χ4v) is 4.52. The van der Waals surface area contributed by atoms with Gasteiger partial charge in [0.2, 0.25) is 0 Å². The zero-order chi connectivity index (χ0) is 21.8. The molecule has 0 radical (unpaired) electrons. The van der Waals surface area contributed by atoms with E-state index in [0.717, 1.165) is 56.0 Å². The fraction of sp³-hybridized carbons (Fsp3) is 0.440. The molecule has 2 N–H and O–H groups in total. The van der Waals surface area contributed by atoms with E-state index in [1.54, 1.807) is 12.1 Å². The summed E-state index contributed by atoms with van der Waals surface area (Å²) >= 11 is 0. The van der Waals surface area contributed by atoms with E-state index in [-0.39, 0.29) is 5.78 Å². The number of hydrogen-bond donors (Lipinski definition) is 1.